The summed E-state index contributed by atoms with van der Waals surface area (Å²) in [6, 6.07) is 17.3. The smallest absolute Gasteiger partial charge is 0.191 e. The first-order valence-electron chi connectivity index (χ1n) is 9.24. The van der Waals surface area contributed by atoms with E-state index >= 15 is 0 Å². The molecule has 3 aromatic rings. The molecule has 1 fully saturated rings. The lowest BCUT2D eigenvalue weighted by Gasteiger charge is -2.19. The molecule has 4 nitrogen and oxygen atoms in total. The average Bonchev–Trinajstić information content (AvgIpc) is 3.49. The second kappa shape index (κ2) is 8.86. The third-order valence-corrected chi connectivity index (χ3v) is 5.30. The van der Waals surface area contributed by atoms with E-state index in [-0.39, 0.29) is 35.2 Å². The minimum absolute atomic E-state index is 0. The van der Waals surface area contributed by atoms with Crippen molar-refractivity contribution in [3.63, 3.8) is 0 Å². The van der Waals surface area contributed by atoms with Crippen LogP contribution in [0.4, 0.5) is 4.39 Å². The van der Waals surface area contributed by atoms with Crippen molar-refractivity contribution in [2.75, 3.05) is 13.6 Å². The van der Waals surface area contributed by atoms with Gasteiger partial charge in [-0.15, -0.1) is 24.0 Å². The third-order valence-electron chi connectivity index (χ3n) is 5.30. The number of fused-ring (bicyclic) bond motifs is 1. The van der Waals surface area contributed by atoms with Gasteiger partial charge in [-0.3, -0.25) is 9.98 Å². The fourth-order valence-corrected chi connectivity index (χ4v) is 3.55. The van der Waals surface area contributed by atoms with Crippen LogP contribution in [0.15, 0.2) is 65.8 Å². The van der Waals surface area contributed by atoms with E-state index in [4.69, 9.17) is 0 Å². The maximum atomic E-state index is 14.2. The molecule has 146 valence electrons. The molecular weight excluding hydrogens is 466 g/mol. The number of rotatable bonds is 5. The molecule has 0 aliphatic heterocycles. The SMILES string of the molecule is CN=C(NCc1nccc2ccccc12)NCC1(c2ccccc2F)CC1.I. The van der Waals surface area contributed by atoms with Gasteiger partial charge in [0.2, 0.25) is 0 Å². The van der Waals surface area contributed by atoms with Crippen LogP contribution in [0.2, 0.25) is 0 Å². The van der Waals surface area contributed by atoms with E-state index < -0.39 is 0 Å². The van der Waals surface area contributed by atoms with Gasteiger partial charge in [-0.05, 0) is 35.9 Å². The summed E-state index contributed by atoms with van der Waals surface area (Å²) < 4.78 is 14.2. The molecule has 2 aromatic carbocycles. The first-order chi connectivity index (χ1) is 13.2. The average molecular weight is 490 g/mol. The van der Waals surface area contributed by atoms with E-state index in [9.17, 15) is 4.39 Å². The van der Waals surface area contributed by atoms with Crippen molar-refractivity contribution in [1.82, 2.24) is 15.6 Å². The minimum atomic E-state index is -0.125. The Morgan fingerprint density at radius 2 is 1.82 bits per heavy atom. The first kappa shape index (κ1) is 20.5. The number of benzene rings is 2. The number of nitrogens with zero attached hydrogens (tertiary/aromatic N) is 2. The van der Waals surface area contributed by atoms with Crippen LogP contribution in [0.3, 0.4) is 0 Å². The summed E-state index contributed by atoms with van der Waals surface area (Å²) in [7, 11) is 1.74. The van der Waals surface area contributed by atoms with Crippen LogP contribution in [0.5, 0.6) is 0 Å². The van der Waals surface area contributed by atoms with Gasteiger partial charge < -0.3 is 10.6 Å². The fraction of sp³-hybridized carbons (Fsp3) is 0.273. The molecule has 0 radical (unpaired) electrons. The molecule has 1 saturated carbocycles. The number of hydrogen-bond donors (Lipinski definition) is 2. The summed E-state index contributed by atoms with van der Waals surface area (Å²) in [6.45, 7) is 1.24. The molecule has 4 rings (SSSR count). The highest BCUT2D eigenvalue weighted by Gasteiger charge is 2.45. The number of aromatic nitrogens is 1. The van der Waals surface area contributed by atoms with Crippen molar-refractivity contribution in [1.29, 1.82) is 0 Å². The predicted octanol–water partition coefficient (Wildman–Crippen LogP) is 4.39. The summed E-state index contributed by atoms with van der Waals surface area (Å²) in [5.74, 6) is 0.576. The second-order valence-corrected chi connectivity index (χ2v) is 7.02. The Hall–Kier alpha value is -2.22. The summed E-state index contributed by atoms with van der Waals surface area (Å²) in [5, 5.41) is 8.99. The Morgan fingerprint density at radius 3 is 2.57 bits per heavy atom. The van der Waals surface area contributed by atoms with Gasteiger partial charge in [0.05, 0.1) is 12.2 Å². The highest BCUT2D eigenvalue weighted by molar-refractivity contribution is 14.0. The lowest BCUT2D eigenvalue weighted by molar-refractivity contribution is 0.559. The van der Waals surface area contributed by atoms with Gasteiger partial charge in [-0.2, -0.15) is 0 Å². The molecule has 0 bridgehead atoms. The lowest BCUT2D eigenvalue weighted by Crippen LogP contribution is -2.41. The summed E-state index contributed by atoms with van der Waals surface area (Å²) in [4.78, 5) is 8.80. The number of hydrogen-bond acceptors (Lipinski definition) is 2. The Balaban J connectivity index is 0.00000225. The van der Waals surface area contributed by atoms with Crippen molar-refractivity contribution in [3.05, 3.63) is 77.9 Å². The van der Waals surface area contributed by atoms with Crippen LogP contribution in [-0.4, -0.2) is 24.5 Å². The number of halogens is 2. The molecule has 0 amide bonds. The monoisotopic (exact) mass is 490 g/mol. The van der Waals surface area contributed by atoms with Gasteiger partial charge in [-0.25, -0.2) is 4.39 Å². The van der Waals surface area contributed by atoms with Gasteiger partial charge >= 0.3 is 0 Å². The standard InChI is InChI=1S/C22H23FN4.HI/c1-24-21(26-14-20-17-7-3-2-6-16(17)10-13-25-20)27-15-22(11-12-22)18-8-4-5-9-19(18)23;/h2-10,13H,11-12,14-15H2,1H3,(H2,24,26,27);1H. The van der Waals surface area contributed by atoms with Crippen molar-refractivity contribution in [2.45, 2.75) is 24.8 Å². The van der Waals surface area contributed by atoms with Crippen molar-refractivity contribution in [3.8, 4) is 0 Å². The van der Waals surface area contributed by atoms with Crippen LogP contribution in [-0.2, 0) is 12.0 Å². The number of guanidine groups is 1. The van der Waals surface area contributed by atoms with E-state index in [0.717, 1.165) is 29.5 Å². The lowest BCUT2D eigenvalue weighted by atomic mass is 9.95. The number of aliphatic imine (C=N–C) groups is 1. The first-order valence-corrected chi connectivity index (χ1v) is 9.24. The summed E-state index contributed by atoms with van der Waals surface area (Å²) in [5.41, 5.74) is 1.65. The largest absolute Gasteiger partial charge is 0.356 e. The number of nitrogens with one attached hydrogen (secondary N) is 2. The Kier molecular flexibility index (Phi) is 6.49. The quantitative estimate of drug-likeness (QED) is 0.317. The molecule has 2 N–H and O–H groups in total. The summed E-state index contributed by atoms with van der Waals surface area (Å²) >= 11 is 0. The molecule has 0 atom stereocenters. The highest BCUT2D eigenvalue weighted by Crippen LogP contribution is 2.48. The molecule has 0 saturated heterocycles. The minimum Gasteiger partial charge on any atom is -0.356 e. The van der Waals surface area contributed by atoms with Crippen molar-refractivity contribution in [2.24, 2.45) is 4.99 Å². The van der Waals surface area contributed by atoms with Gasteiger partial charge in [0.25, 0.3) is 0 Å². The van der Waals surface area contributed by atoms with E-state index in [1.807, 2.05) is 36.5 Å². The topological polar surface area (TPSA) is 49.3 Å². The van der Waals surface area contributed by atoms with Gasteiger partial charge in [0.15, 0.2) is 5.96 Å². The molecule has 1 heterocycles. The zero-order valence-electron chi connectivity index (χ0n) is 15.8. The van der Waals surface area contributed by atoms with E-state index in [1.165, 1.54) is 11.5 Å². The Morgan fingerprint density at radius 1 is 1.07 bits per heavy atom. The van der Waals surface area contributed by atoms with Crippen LogP contribution < -0.4 is 10.6 Å². The van der Waals surface area contributed by atoms with E-state index in [1.54, 1.807) is 13.1 Å². The molecule has 1 aliphatic rings. The zero-order valence-corrected chi connectivity index (χ0v) is 18.1. The van der Waals surface area contributed by atoms with Gasteiger partial charge in [-0.1, -0.05) is 42.5 Å². The normalized spacial score (nSPS) is 15.0. The van der Waals surface area contributed by atoms with Crippen LogP contribution in [0.25, 0.3) is 10.8 Å². The van der Waals surface area contributed by atoms with E-state index in [0.29, 0.717) is 19.0 Å². The van der Waals surface area contributed by atoms with Gasteiger partial charge in [0, 0.05) is 30.6 Å². The summed E-state index contributed by atoms with van der Waals surface area (Å²) in [6.07, 6.45) is 3.80. The predicted molar refractivity (Wildman–Crippen MR) is 123 cm³/mol. The second-order valence-electron chi connectivity index (χ2n) is 7.02. The number of pyridine rings is 1. The third kappa shape index (κ3) is 4.27. The van der Waals surface area contributed by atoms with Gasteiger partial charge in [0.1, 0.15) is 5.82 Å². The molecule has 0 unspecified atom stereocenters. The molecule has 28 heavy (non-hydrogen) atoms. The van der Waals surface area contributed by atoms with Crippen LogP contribution in [0.1, 0.15) is 24.1 Å². The maximum absolute atomic E-state index is 14.2. The van der Waals surface area contributed by atoms with Crippen LogP contribution in [0, 0.1) is 5.82 Å². The molecule has 1 aliphatic carbocycles. The molecule has 0 spiro atoms. The molecule has 1 aromatic heterocycles. The van der Waals surface area contributed by atoms with Crippen molar-refractivity contribution < 1.29 is 4.39 Å². The highest BCUT2D eigenvalue weighted by atomic mass is 127. The molecule has 6 heteroatoms. The Labute approximate surface area is 181 Å². The maximum Gasteiger partial charge on any atom is 0.191 e. The van der Waals surface area contributed by atoms with Crippen LogP contribution >= 0.6 is 24.0 Å². The zero-order chi connectivity index (χ0) is 18.7. The fourth-order valence-electron chi connectivity index (χ4n) is 3.55. The Bertz CT molecular complexity index is 980. The van der Waals surface area contributed by atoms with E-state index in [2.05, 4.69) is 32.7 Å². The van der Waals surface area contributed by atoms with Crippen molar-refractivity contribution >= 4 is 40.7 Å². The molecular formula is C22H24FIN4.